The highest BCUT2D eigenvalue weighted by atomic mass is 16.5. The Morgan fingerprint density at radius 3 is 2.88 bits per heavy atom. The molecule has 1 aromatic heterocycles. The van der Waals surface area contributed by atoms with Gasteiger partial charge in [-0.3, -0.25) is 0 Å². The van der Waals surface area contributed by atoms with Crippen LogP contribution in [0.25, 0.3) is 0 Å². The van der Waals surface area contributed by atoms with Crippen molar-refractivity contribution in [2.45, 2.75) is 12.2 Å². The third-order valence-corrected chi connectivity index (χ3v) is 3.25. The molecule has 3 rings (SSSR count). The molecule has 2 aliphatic rings. The lowest BCUT2D eigenvalue weighted by Gasteiger charge is -2.42. The van der Waals surface area contributed by atoms with Gasteiger partial charge in [0, 0.05) is 32.4 Å². The molecule has 2 saturated heterocycles. The summed E-state index contributed by atoms with van der Waals surface area (Å²) in [5.41, 5.74) is 0. The van der Waals surface area contributed by atoms with E-state index in [9.17, 15) is 0 Å². The summed E-state index contributed by atoms with van der Waals surface area (Å²) in [5, 5.41) is 3.38. The van der Waals surface area contributed by atoms with Crippen LogP contribution in [-0.2, 0) is 4.74 Å². The fraction of sp³-hybridized carbons (Fsp3) is 0.583. The minimum absolute atomic E-state index is 0.259. The maximum Gasteiger partial charge on any atom is 0.171 e. The van der Waals surface area contributed by atoms with Crippen molar-refractivity contribution < 1.29 is 9.47 Å². The molecular weight excluding hydrogens is 218 g/mol. The zero-order chi connectivity index (χ0) is 11.7. The number of hydrogen-bond acceptors (Lipinski definition) is 5. The molecule has 0 spiro atoms. The van der Waals surface area contributed by atoms with Crippen molar-refractivity contribution in [3.05, 3.63) is 18.3 Å². The quantitative estimate of drug-likeness (QED) is 0.797. The van der Waals surface area contributed by atoms with Gasteiger partial charge in [0.1, 0.15) is 0 Å². The standard InChI is InChI=1S/C12H17N3O2/c1-16-11-3-2-4-14-12(11)15-7-9-5-13-6-10(8-15)17-9/h2-4,9-10,13H,5-8H2,1H3. The molecular formula is C12H17N3O2. The van der Waals surface area contributed by atoms with Crippen LogP contribution in [0.1, 0.15) is 0 Å². The maximum absolute atomic E-state index is 5.87. The van der Waals surface area contributed by atoms with E-state index in [1.807, 2.05) is 12.1 Å². The number of hydrogen-bond donors (Lipinski definition) is 1. The first kappa shape index (κ1) is 10.8. The molecule has 92 valence electrons. The Balaban J connectivity index is 1.84. The second-order valence-corrected chi connectivity index (χ2v) is 4.47. The molecule has 2 unspecified atom stereocenters. The second-order valence-electron chi connectivity index (χ2n) is 4.47. The van der Waals surface area contributed by atoms with Crippen molar-refractivity contribution in [2.75, 3.05) is 38.2 Å². The van der Waals surface area contributed by atoms with Crippen LogP contribution in [0.2, 0.25) is 0 Å². The molecule has 0 aliphatic carbocycles. The zero-order valence-electron chi connectivity index (χ0n) is 9.93. The molecule has 2 aliphatic heterocycles. The molecule has 1 aromatic rings. The summed E-state index contributed by atoms with van der Waals surface area (Å²) in [6, 6.07) is 3.84. The Bertz CT molecular complexity index is 387. The van der Waals surface area contributed by atoms with Gasteiger partial charge in [0.15, 0.2) is 11.6 Å². The van der Waals surface area contributed by atoms with Gasteiger partial charge in [0.05, 0.1) is 19.3 Å². The summed E-state index contributed by atoms with van der Waals surface area (Å²) in [4.78, 5) is 6.69. The molecule has 2 fully saturated rings. The van der Waals surface area contributed by atoms with Crippen LogP contribution in [0, 0.1) is 0 Å². The second kappa shape index (κ2) is 4.50. The summed E-state index contributed by atoms with van der Waals surface area (Å²) in [5.74, 6) is 1.76. The van der Waals surface area contributed by atoms with Gasteiger partial charge >= 0.3 is 0 Å². The van der Waals surface area contributed by atoms with Crippen LogP contribution in [0.4, 0.5) is 5.82 Å². The molecule has 5 heteroatoms. The third-order valence-electron chi connectivity index (χ3n) is 3.25. The van der Waals surface area contributed by atoms with E-state index in [4.69, 9.17) is 9.47 Å². The van der Waals surface area contributed by atoms with Gasteiger partial charge in [0.2, 0.25) is 0 Å². The van der Waals surface area contributed by atoms with Crippen molar-refractivity contribution >= 4 is 5.82 Å². The predicted octanol–water partition coefficient (Wildman–Crippen LogP) is 0.267. The average Bonchev–Trinajstić information content (AvgIpc) is 2.38. The van der Waals surface area contributed by atoms with E-state index in [1.165, 1.54) is 0 Å². The number of ether oxygens (including phenoxy) is 2. The Morgan fingerprint density at radius 2 is 2.18 bits per heavy atom. The molecule has 0 aromatic carbocycles. The highest BCUT2D eigenvalue weighted by molar-refractivity contribution is 5.52. The number of nitrogens with one attached hydrogen (secondary N) is 1. The minimum Gasteiger partial charge on any atom is -0.493 e. The number of fused-ring (bicyclic) bond motifs is 2. The molecule has 5 nitrogen and oxygen atoms in total. The molecule has 0 amide bonds. The molecule has 17 heavy (non-hydrogen) atoms. The average molecular weight is 235 g/mol. The van der Waals surface area contributed by atoms with Crippen molar-refractivity contribution in [1.82, 2.24) is 10.3 Å². The molecule has 2 bridgehead atoms. The van der Waals surface area contributed by atoms with E-state index in [1.54, 1.807) is 13.3 Å². The van der Waals surface area contributed by atoms with Gasteiger partial charge in [-0.2, -0.15) is 0 Å². The summed E-state index contributed by atoms with van der Waals surface area (Å²) < 4.78 is 11.2. The fourth-order valence-corrected chi connectivity index (χ4v) is 2.51. The first-order chi connectivity index (χ1) is 8.36. The lowest BCUT2D eigenvalue weighted by atomic mass is 10.1. The molecule has 3 heterocycles. The lowest BCUT2D eigenvalue weighted by molar-refractivity contribution is -0.0486. The molecule has 0 saturated carbocycles. The number of pyridine rings is 1. The Morgan fingerprint density at radius 1 is 1.41 bits per heavy atom. The summed E-state index contributed by atoms with van der Waals surface area (Å²) >= 11 is 0. The van der Waals surface area contributed by atoms with Crippen LogP contribution < -0.4 is 15.0 Å². The van der Waals surface area contributed by atoms with E-state index >= 15 is 0 Å². The van der Waals surface area contributed by atoms with Crippen LogP contribution in [-0.4, -0.2) is 50.5 Å². The predicted molar refractivity (Wildman–Crippen MR) is 64.5 cm³/mol. The van der Waals surface area contributed by atoms with Crippen LogP contribution in [0.15, 0.2) is 18.3 Å². The number of nitrogens with zero attached hydrogens (tertiary/aromatic N) is 2. The van der Waals surface area contributed by atoms with Crippen molar-refractivity contribution in [2.24, 2.45) is 0 Å². The van der Waals surface area contributed by atoms with Crippen LogP contribution in [0.3, 0.4) is 0 Å². The lowest BCUT2D eigenvalue weighted by Crippen LogP contribution is -2.58. The minimum atomic E-state index is 0.259. The van der Waals surface area contributed by atoms with E-state index in [2.05, 4.69) is 15.2 Å². The third kappa shape index (κ3) is 2.08. The highest BCUT2D eigenvalue weighted by Crippen LogP contribution is 2.28. The van der Waals surface area contributed by atoms with E-state index in [-0.39, 0.29) is 12.2 Å². The largest absolute Gasteiger partial charge is 0.493 e. The van der Waals surface area contributed by atoms with Gasteiger partial charge in [-0.05, 0) is 12.1 Å². The summed E-state index contributed by atoms with van der Waals surface area (Å²) in [6.07, 6.45) is 2.32. The Labute approximate surface area is 101 Å². The Hall–Kier alpha value is -1.33. The van der Waals surface area contributed by atoms with Gasteiger partial charge in [-0.1, -0.05) is 0 Å². The topological polar surface area (TPSA) is 46.6 Å². The normalized spacial score (nSPS) is 27.9. The van der Waals surface area contributed by atoms with Gasteiger partial charge in [-0.15, -0.1) is 0 Å². The first-order valence-electron chi connectivity index (χ1n) is 5.97. The van der Waals surface area contributed by atoms with Gasteiger partial charge in [-0.25, -0.2) is 4.98 Å². The monoisotopic (exact) mass is 235 g/mol. The number of methoxy groups -OCH3 is 1. The SMILES string of the molecule is COc1cccnc1N1CC2CNCC(C1)O2. The number of aromatic nitrogens is 1. The molecule has 2 atom stereocenters. The Kier molecular flexibility index (Phi) is 2.86. The fourth-order valence-electron chi connectivity index (χ4n) is 2.51. The molecule has 0 radical (unpaired) electrons. The molecule has 1 N–H and O–H groups in total. The van der Waals surface area contributed by atoms with Crippen molar-refractivity contribution in [3.63, 3.8) is 0 Å². The number of morpholine rings is 2. The van der Waals surface area contributed by atoms with Crippen LogP contribution in [0.5, 0.6) is 5.75 Å². The van der Waals surface area contributed by atoms with E-state index in [0.29, 0.717) is 0 Å². The van der Waals surface area contributed by atoms with Crippen LogP contribution >= 0.6 is 0 Å². The summed E-state index contributed by atoms with van der Waals surface area (Å²) in [6.45, 7) is 3.58. The van der Waals surface area contributed by atoms with Crippen molar-refractivity contribution in [3.8, 4) is 5.75 Å². The maximum atomic E-state index is 5.87. The van der Waals surface area contributed by atoms with E-state index in [0.717, 1.165) is 37.7 Å². The zero-order valence-corrected chi connectivity index (χ0v) is 9.93. The number of rotatable bonds is 2. The first-order valence-corrected chi connectivity index (χ1v) is 5.97. The smallest absolute Gasteiger partial charge is 0.171 e. The highest BCUT2D eigenvalue weighted by Gasteiger charge is 2.32. The van der Waals surface area contributed by atoms with Gasteiger partial charge < -0.3 is 19.7 Å². The summed E-state index contributed by atoms with van der Waals surface area (Å²) in [7, 11) is 1.68. The van der Waals surface area contributed by atoms with E-state index < -0.39 is 0 Å². The number of anilines is 1. The van der Waals surface area contributed by atoms with Gasteiger partial charge in [0.25, 0.3) is 0 Å². The van der Waals surface area contributed by atoms with Crippen molar-refractivity contribution in [1.29, 1.82) is 0 Å².